The Morgan fingerprint density at radius 1 is 1.06 bits per heavy atom. The number of anilines is 2. The lowest BCUT2D eigenvalue weighted by Crippen LogP contribution is -2.35. The molecule has 2 aromatic carbocycles. The maximum Gasteiger partial charge on any atom is 0.140 e. The fourth-order valence-electron chi connectivity index (χ4n) is 6.22. The number of aliphatic hydroxyl groups is 1. The van der Waals surface area contributed by atoms with Gasteiger partial charge in [0.15, 0.2) is 0 Å². The molecular weight excluding hydrogens is 410 g/mol. The summed E-state index contributed by atoms with van der Waals surface area (Å²) >= 11 is 0. The molecule has 3 atom stereocenters. The second-order valence-corrected chi connectivity index (χ2v) is 10.0. The summed E-state index contributed by atoms with van der Waals surface area (Å²) in [5.41, 5.74) is 13.0. The van der Waals surface area contributed by atoms with E-state index in [1.54, 1.807) is 6.33 Å². The molecule has 1 spiro atoms. The van der Waals surface area contributed by atoms with Crippen molar-refractivity contribution < 1.29 is 5.11 Å². The van der Waals surface area contributed by atoms with Crippen LogP contribution in [0.2, 0.25) is 0 Å². The van der Waals surface area contributed by atoms with Crippen molar-refractivity contribution in [2.24, 2.45) is 5.73 Å². The van der Waals surface area contributed by atoms with Crippen molar-refractivity contribution in [3.63, 3.8) is 0 Å². The molecule has 6 nitrogen and oxygen atoms in total. The number of nitrogens with two attached hydrogens (primary N) is 1. The first-order valence-corrected chi connectivity index (χ1v) is 12.0. The lowest BCUT2D eigenvalue weighted by atomic mass is 9.81. The summed E-state index contributed by atoms with van der Waals surface area (Å²) in [5, 5.41) is 10.5. The smallest absolute Gasteiger partial charge is 0.140 e. The Hall–Kier alpha value is -2.80. The molecule has 33 heavy (non-hydrogen) atoms. The molecule has 0 amide bonds. The summed E-state index contributed by atoms with van der Waals surface area (Å²) in [4.78, 5) is 14.2. The predicted molar refractivity (Wildman–Crippen MR) is 129 cm³/mol. The maximum atomic E-state index is 10.5. The van der Waals surface area contributed by atoms with Gasteiger partial charge in [-0.3, -0.25) is 4.90 Å². The first kappa shape index (κ1) is 20.8. The van der Waals surface area contributed by atoms with Crippen molar-refractivity contribution in [1.82, 2.24) is 14.9 Å². The van der Waals surface area contributed by atoms with Gasteiger partial charge >= 0.3 is 0 Å². The molecule has 6 rings (SSSR count). The number of nitrogens with zero attached hydrogens (tertiary/aromatic N) is 4. The lowest BCUT2D eigenvalue weighted by molar-refractivity contribution is 0.170. The second-order valence-electron chi connectivity index (χ2n) is 10.0. The monoisotopic (exact) mass is 441 g/mol. The number of hydrogen-bond acceptors (Lipinski definition) is 6. The molecule has 6 heteroatoms. The minimum absolute atomic E-state index is 0.0894. The van der Waals surface area contributed by atoms with Gasteiger partial charge in [0.2, 0.25) is 0 Å². The summed E-state index contributed by atoms with van der Waals surface area (Å²) in [7, 11) is 0. The SMILES string of the molecule is C[C@@H]1C[C@@H](O)c2ncnc(N3CC4(CCN(Cc5ccc(CN)cc5)C4)c4ccccc43)c21. The van der Waals surface area contributed by atoms with E-state index >= 15 is 0 Å². The molecule has 3 aromatic rings. The van der Waals surface area contributed by atoms with Gasteiger partial charge in [0.1, 0.15) is 12.1 Å². The van der Waals surface area contributed by atoms with Gasteiger partial charge in [-0.2, -0.15) is 0 Å². The van der Waals surface area contributed by atoms with Crippen LogP contribution in [0, 0.1) is 0 Å². The van der Waals surface area contributed by atoms with Crippen LogP contribution in [0.15, 0.2) is 54.9 Å². The molecule has 0 radical (unpaired) electrons. The average Bonchev–Trinajstić information content (AvgIpc) is 3.49. The number of hydrogen-bond donors (Lipinski definition) is 2. The number of likely N-dealkylation sites (tertiary alicyclic amines) is 1. The van der Waals surface area contributed by atoms with E-state index < -0.39 is 6.10 Å². The quantitative estimate of drug-likeness (QED) is 0.642. The number of benzene rings is 2. The summed E-state index contributed by atoms with van der Waals surface area (Å²) in [6, 6.07) is 17.5. The highest BCUT2D eigenvalue weighted by atomic mass is 16.3. The molecule has 2 aliphatic heterocycles. The van der Waals surface area contributed by atoms with Crippen LogP contribution < -0.4 is 10.6 Å². The molecule has 0 bridgehead atoms. The van der Waals surface area contributed by atoms with Gasteiger partial charge in [-0.05, 0) is 48.1 Å². The van der Waals surface area contributed by atoms with Gasteiger partial charge in [-0.15, -0.1) is 0 Å². The Balaban J connectivity index is 1.31. The highest BCUT2D eigenvalue weighted by Gasteiger charge is 2.48. The zero-order chi connectivity index (χ0) is 22.6. The third-order valence-electron chi connectivity index (χ3n) is 7.86. The van der Waals surface area contributed by atoms with Crippen molar-refractivity contribution in [1.29, 1.82) is 0 Å². The molecule has 0 saturated carbocycles. The van der Waals surface area contributed by atoms with E-state index in [0.717, 1.165) is 56.1 Å². The summed E-state index contributed by atoms with van der Waals surface area (Å²) in [6.45, 7) is 6.75. The van der Waals surface area contributed by atoms with Crippen molar-refractivity contribution in [3.8, 4) is 0 Å². The van der Waals surface area contributed by atoms with Gasteiger partial charge in [-0.1, -0.05) is 49.4 Å². The van der Waals surface area contributed by atoms with E-state index in [9.17, 15) is 5.11 Å². The fourth-order valence-corrected chi connectivity index (χ4v) is 6.22. The molecule has 1 unspecified atom stereocenters. The second kappa shape index (κ2) is 7.90. The van der Waals surface area contributed by atoms with Crippen LogP contribution in [0.5, 0.6) is 0 Å². The molecule has 1 saturated heterocycles. The van der Waals surface area contributed by atoms with E-state index in [0.29, 0.717) is 6.54 Å². The number of aromatic nitrogens is 2. The molecule has 3 heterocycles. The number of aliphatic hydroxyl groups excluding tert-OH is 1. The standard InChI is InChI=1S/C27H31N5O/c1-18-12-23(33)25-24(18)26(30-17-29-25)32-16-27(21-4-2-3-5-22(21)32)10-11-31(15-27)14-20-8-6-19(13-28)7-9-20/h2-9,17-18,23,33H,10-16,28H2,1H3/t18-,23-,27?/m1/s1. The normalized spacial score (nSPS) is 26.2. The van der Waals surface area contributed by atoms with E-state index in [1.165, 1.54) is 22.4 Å². The Morgan fingerprint density at radius 3 is 2.67 bits per heavy atom. The van der Waals surface area contributed by atoms with Gasteiger partial charge in [0.25, 0.3) is 0 Å². The van der Waals surface area contributed by atoms with Gasteiger partial charge in [-0.25, -0.2) is 9.97 Å². The molecule has 1 aliphatic carbocycles. The third kappa shape index (κ3) is 3.36. The predicted octanol–water partition coefficient (Wildman–Crippen LogP) is 3.77. The highest BCUT2D eigenvalue weighted by molar-refractivity contribution is 5.74. The van der Waals surface area contributed by atoms with Crippen molar-refractivity contribution >= 4 is 11.5 Å². The van der Waals surface area contributed by atoms with Crippen molar-refractivity contribution in [3.05, 3.63) is 82.8 Å². The Bertz CT molecular complexity index is 1180. The Labute approximate surface area is 195 Å². The largest absolute Gasteiger partial charge is 0.387 e. The summed E-state index contributed by atoms with van der Waals surface area (Å²) in [5.74, 6) is 1.23. The highest BCUT2D eigenvalue weighted by Crippen LogP contribution is 2.51. The molecule has 3 N–H and O–H groups in total. The summed E-state index contributed by atoms with van der Waals surface area (Å²) in [6.07, 6.45) is 2.98. The number of para-hydroxylation sites is 1. The average molecular weight is 442 g/mol. The molecule has 170 valence electrons. The first-order chi connectivity index (χ1) is 16.1. The maximum absolute atomic E-state index is 10.5. The van der Waals surface area contributed by atoms with Crippen molar-refractivity contribution in [2.45, 2.75) is 50.3 Å². The first-order valence-electron chi connectivity index (χ1n) is 12.0. The molecule has 1 fully saturated rings. The Kier molecular flexibility index (Phi) is 4.98. The van der Waals surface area contributed by atoms with Gasteiger partial charge in [0.05, 0.1) is 11.8 Å². The minimum atomic E-state index is -0.490. The zero-order valence-corrected chi connectivity index (χ0v) is 19.1. The zero-order valence-electron chi connectivity index (χ0n) is 19.1. The number of rotatable bonds is 4. The summed E-state index contributed by atoms with van der Waals surface area (Å²) < 4.78 is 0. The van der Waals surface area contributed by atoms with E-state index in [2.05, 4.69) is 70.2 Å². The van der Waals surface area contributed by atoms with Crippen molar-refractivity contribution in [2.75, 3.05) is 24.5 Å². The van der Waals surface area contributed by atoms with Gasteiger partial charge in [0, 0.05) is 42.8 Å². The number of fused-ring (bicyclic) bond motifs is 3. The van der Waals surface area contributed by atoms with Crippen LogP contribution >= 0.6 is 0 Å². The van der Waals surface area contributed by atoms with Crippen LogP contribution in [-0.2, 0) is 18.5 Å². The van der Waals surface area contributed by atoms with Crippen LogP contribution in [0.3, 0.4) is 0 Å². The van der Waals surface area contributed by atoms with Crippen LogP contribution in [0.1, 0.15) is 59.7 Å². The van der Waals surface area contributed by atoms with Crippen LogP contribution in [-0.4, -0.2) is 39.6 Å². The van der Waals surface area contributed by atoms with E-state index in [1.807, 2.05) is 0 Å². The minimum Gasteiger partial charge on any atom is -0.387 e. The van der Waals surface area contributed by atoms with Crippen LogP contribution in [0.25, 0.3) is 0 Å². The van der Waals surface area contributed by atoms with Crippen LogP contribution in [0.4, 0.5) is 11.5 Å². The van der Waals surface area contributed by atoms with E-state index in [-0.39, 0.29) is 11.3 Å². The lowest BCUT2D eigenvalue weighted by Gasteiger charge is -2.27. The molecule has 1 aromatic heterocycles. The Morgan fingerprint density at radius 2 is 1.85 bits per heavy atom. The third-order valence-corrected chi connectivity index (χ3v) is 7.86. The molecule has 3 aliphatic rings. The fraction of sp³-hybridized carbons (Fsp3) is 0.407. The van der Waals surface area contributed by atoms with E-state index in [4.69, 9.17) is 10.7 Å². The molecular formula is C27H31N5O. The topological polar surface area (TPSA) is 78.5 Å². The van der Waals surface area contributed by atoms with Gasteiger partial charge < -0.3 is 15.7 Å².